The van der Waals surface area contributed by atoms with E-state index in [1.807, 2.05) is 31.3 Å². The van der Waals surface area contributed by atoms with E-state index >= 15 is 0 Å². The average molecular weight is 368 g/mol. The Morgan fingerprint density at radius 1 is 1.24 bits per heavy atom. The van der Waals surface area contributed by atoms with Crippen LogP contribution in [0.5, 0.6) is 0 Å². The van der Waals surface area contributed by atoms with Gasteiger partial charge in [0.15, 0.2) is 11.5 Å². The normalized spacial score (nSPS) is 11.2. The van der Waals surface area contributed by atoms with Crippen molar-refractivity contribution < 1.29 is 4.74 Å². The molecule has 0 aliphatic rings. The number of hydrogen-bond donors (Lipinski definition) is 0. The summed E-state index contributed by atoms with van der Waals surface area (Å²) in [5.41, 5.74) is 1.78. The van der Waals surface area contributed by atoms with Crippen molar-refractivity contribution in [3.63, 3.8) is 0 Å². The Balaban J connectivity index is 1.74. The smallest absolute Gasteiger partial charge is 0.162 e. The topological polar surface area (TPSA) is 52.8 Å². The lowest BCUT2D eigenvalue weighted by Crippen LogP contribution is -2.02. The summed E-state index contributed by atoms with van der Waals surface area (Å²) in [6.45, 7) is 0.772. The number of fused-ring (bicyclic) bond motifs is 1. The van der Waals surface area contributed by atoms with E-state index in [4.69, 9.17) is 16.3 Å². The molecule has 0 N–H and O–H groups in total. The van der Waals surface area contributed by atoms with Crippen LogP contribution in [0.15, 0.2) is 34.9 Å². The number of aromatic nitrogens is 4. The fraction of sp³-hybridized carbons (Fsp3) is 0.214. The van der Waals surface area contributed by atoms with E-state index in [1.165, 1.54) is 0 Å². The molecule has 0 fully saturated rings. The summed E-state index contributed by atoms with van der Waals surface area (Å²) in [6.07, 6.45) is 1.66. The minimum atomic E-state index is 0.294. The molecular formula is C14H12BrClN4O. The van der Waals surface area contributed by atoms with Gasteiger partial charge in [-0.1, -0.05) is 45.7 Å². The molecule has 0 aliphatic carbocycles. The fourth-order valence-corrected chi connectivity index (χ4v) is 2.59. The Morgan fingerprint density at radius 2 is 2.05 bits per heavy atom. The van der Waals surface area contributed by atoms with Gasteiger partial charge in [0, 0.05) is 11.5 Å². The highest BCUT2D eigenvalue weighted by Crippen LogP contribution is 2.20. The lowest BCUT2D eigenvalue weighted by atomic mass is 10.2. The van der Waals surface area contributed by atoms with E-state index in [-0.39, 0.29) is 0 Å². The third-order valence-electron chi connectivity index (χ3n) is 3.04. The predicted molar refractivity (Wildman–Crippen MR) is 83.9 cm³/mol. The van der Waals surface area contributed by atoms with Crippen LogP contribution in [-0.4, -0.2) is 19.7 Å². The molecule has 2 heterocycles. The molecule has 21 heavy (non-hydrogen) atoms. The second-order valence-corrected chi connectivity index (χ2v) is 5.73. The highest BCUT2D eigenvalue weighted by molar-refractivity contribution is 9.10. The van der Waals surface area contributed by atoms with Crippen molar-refractivity contribution in [3.8, 4) is 0 Å². The second-order valence-electron chi connectivity index (χ2n) is 4.52. The molecule has 0 amide bonds. The molecule has 1 aromatic carbocycles. The SMILES string of the molecule is Cn1ncc2c(Cl)nc(COCc3ccccc3Br)nc21. The molecule has 0 spiro atoms. The highest BCUT2D eigenvalue weighted by atomic mass is 79.9. The summed E-state index contributed by atoms with van der Waals surface area (Å²) >= 11 is 9.62. The third-order valence-corrected chi connectivity index (χ3v) is 4.10. The Hall–Kier alpha value is -1.50. The van der Waals surface area contributed by atoms with Gasteiger partial charge in [-0.25, -0.2) is 9.97 Å². The molecule has 0 bridgehead atoms. The van der Waals surface area contributed by atoms with Gasteiger partial charge in [0.2, 0.25) is 0 Å². The maximum absolute atomic E-state index is 6.13. The van der Waals surface area contributed by atoms with Crippen molar-refractivity contribution in [2.45, 2.75) is 13.2 Å². The number of hydrogen-bond acceptors (Lipinski definition) is 4. The van der Waals surface area contributed by atoms with Crippen molar-refractivity contribution in [1.82, 2.24) is 19.7 Å². The van der Waals surface area contributed by atoms with Gasteiger partial charge in [0.1, 0.15) is 11.8 Å². The Bertz CT molecular complexity index is 790. The number of benzene rings is 1. The van der Waals surface area contributed by atoms with Gasteiger partial charge in [0.25, 0.3) is 0 Å². The Morgan fingerprint density at radius 3 is 2.86 bits per heavy atom. The van der Waals surface area contributed by atoms with Crippen molar-refractivity contribution in [2.24, 2.45) is 7.05 Å². The van der Waals surface area contributed by atoms with Crippen molar-refractivity contribution >= 4 is 38.6 Å². The number of rotatable bonds is 4. The minimum absolute atomic E-state index is 0.294. The van der Waals surface area contributed by atoms with Gasteiger partial charge >= 0.3 is 0 Å². The van der Waals surface area contributed by atoms with Crippen molar-refractivity contribution in [1.29, 1.82) is 0 Å². The van der Waals surface area contributed by atoms with Gasteiger partial charge in [-0.05, 0) is 11.6 Å². The van der Waals surface area contributed by atoms with E-state index in [9.17, 15) is 0 Å². The van der Waals surface area contributed by atoms with Crippen LogP contribution in [0.25, 0.3) is 11.0 Å². The standard InChI is InChI=1S/C14H12BrClN4O/c1-20-14-10(6-17-20)13(16)18-12(19-14)8-21-7-9-4-2-3-5-11(9)15/h2-6H,7-8H2,1H3. The number of ether oxygens (including phenoxy) is 1. The lowest BCUT2D eigenvalue weighted by molar-refractivity contribution is 0.101. The molecule has 0 aliphatic heterocycles. The van der Waals surface area contributed by atoms with Gasteiger partial charge in [-0.2, -0.15) is 5.10 Å². The lowest BCUT2D eigenvalue weighted by Gasteiger charge is -2.06. The maximum Gasteiger partial charge on any atom is 0.162 e. The Kier molecular flexibility index (Phi) is 4.19. The summed E-state index contributed by atoms with van der Waals surface area (Å²) in [7, 11) is 1.82. The summed E-state index contributed by atoms with van der Waals surface area (Å²) in [4.78, 5) is 8.65. The van der Waals surface area contributed by atoms with Gasteiger partial charge in [-0.15, -0.1) is 0 Å². The van der Waals surface area contributed by atoms with Gasteiger partial charge in [-0.3, -0.25) is 4.68 Å². The maximum atomic E-state index is 6.13. The van der Waals surface area contributed by atoms with Crippen LogP contribution >= 0.6 is 27.5 Å². The molecule has 0 radical (unpaired) electrons. The monoisotopic (exact) mass is 366 g/mol. The molecule has 0 atom stereocenters. The largest absolute Gasteiger partial charge is 0.369 e. The van der Waals surface area contributed by atoms with Crippen molar-refractivity contribution in [3.05, 3.63) is 51.5 Å². The zero-order chi connectivity index (χ0) is 14.8. The first kappa shape index (κ1) is 14.4. The molecule has 7 heteroatoms. The first-order valence-corrected chi connectivity index (χ1v) is 7.47. The number of nitrogens with zero attached hydrogens (tertiary/aromatic N) is 4. The number of aryl methyl sites for hydroxylation is 1. The molecule has 0 saturated heterocycles. The first-order valence-electron chi connectivity index (χ1n) is 6.30. The van der Waals surface area contributed by atoms with E-state index in [2.05, 4.69) is 31.0 Å². The van der Waals surface area contributed by atoms with Gasteiger partial charge < -0.3 is 4.74 Å². The van der Waals surface area contributed by atoms with Gasteiger partial charge in [0.05, 0.1) is 18.2 Å². The zero-order valence-electron chi connectivity index (χ0n) is 11.3. The van der Waals surface area contributed by atoms with E-state index in [0.717, 1.165) is 15.4 Å². The summed E-state index contributed by atoms with van der Waals surface area (Å²) in [5, 5.41) is 5.26. The molecule has 0 saturated carbocycles. The quantitative estimate of drug-likeness (QED) is 0.662. The number of halogens is 2. The van der Waals surface area contributed by atoms with Crippen LogP contribution in [0.1, 0.15) is 11.4 Å². The second kappa shape index (κ2) is 6.09. The van der Waals surface area contributed by atoms with Crippen LogP contribution < -0.4 is 0 Å². The van der Waals surface area contributed by atoms with Crippen LogP contribution in [0.3, 0.4) is 0 Å². The minimum Gasteiger partial charge on any atom is -0.369 e. The zero-order valence-corrected chi connectivity index (χ0v) is 13.6. The molecule has 5 nitrogen and oxygen atoms in total. The molecule has 3 rings (SSSR count). The van der Waals surface area contributed by atoms with Crippen LogP contribution in [0.4, 0.5) is 0 Å². The summed E-state index contributed by atoms with van der Waals surface area (Å²) in [6, 6.07) is 7.92. The van der Waals surface area contributed by atoms with E-state index in [1.54, 1.807) is 10.9 Å². The average Bonchev–Trinajstić information content (AvgIpc) is 2.83. The van der Waals surface area contributed by atoms with E-state index in [0.29, 0.717) is 29.8 Å². The first-order chi connectivity index (χ1) is 10.1. The van der Waals surface area contributed by atoms with Crippen LogP contribution in [0.2, 0.25) is 5.15 Å². The molecule has 0 unspecified atom stereocenters. The Labute approximate surface area is 135 Å². The highest BCUT2D eigenvalue weighted by Gasteiger charge is 2.10. The molecule has 2 aromatic heterocycles. The summed E-state index contributed by atoms with van der Waals surface area (Å²) in [5.74, 6) is 0.545. The molecular weight excluding hydrogens is 356 g/mol. The van der Waals surface area contributed by atoms with Crippen LogP contribution in [0, 0.1) is 0 Å². The fourth-order valence-electron chi connectivity index (χ4n) is 1.96. The molecule has 3 aromatic rings. The summed E-state index contributed by atoms with van der Waals surface area (Å²) < 4.78 is 8.35. The third kappa shape index (κ3) is 3.07. The molecule has 108 valence electrons. The van der Waals surface area contributed by atoms with E-state index < -0.39 is 0 Å². The predicted octanol–water partition coefficient (Wildman–Crippen LogP) is 3.50. The van der Waals surface area contributed by atoms with Crippen LogP contribution in [-0.2, 0) is 25.0 Å². The van der Waals surface area contributed by atoms with Crippen molar-refractivity contribution in [2.75, 3.05) is 0 Å².